The first-order valence-electron chi connectivity index (χ1n) is 10.1. The number of carbonyl (C=O) groups excluding carboxylic acids is 1. The molecule has 0 saturated carbocycles. The second-order valence-electron chi connectivity index (χ2n) is 6.93. The van der Waals surface area contributed by atoms with Gasteiger partial charge in [-0.05, 0) is 19.3 Å². The number of carboxylic acids is 1. The van der Waals surface area contributed by atoms with Crippen LogP contribution in [-0.2, 0) is 9.59 Å². The van der Waals surface area contributed by atoms with Crippen molar-refractivity contribution in [2.24, 2.45) is 5.92 Å². The third-order valence-electron chi connectivity index (χ3n) is 4.61. The molecule has 0 spiro atoms. The van der Waals surface area contributed by atoms with Crippen LogP contribution in [0, 0.1) is 5.92 Å². The molecule has 0 bridgehead atoms. The first-order valence-corrected chi connectivity index (χ1v) is 10.1. The van der Waals surface area contributed by atoms with E-state index in [4.69, 9.17) is 9.94 Å². The molecule has 26 heavy (non-hydrogen) atoms. The van der Waals surface area contributed by atoms with E-state index in [1.807, 2.05) is 0 Å². The topological polar surface area (TPSA) is 81.4 Å². The van der Waals surface area contributed by atoms with Crippen LogP contribution >= 0.6 is 0 Å². The lowest BCUT2D eigenvalue weighted by Crippen LogP contribution is -2.26. The minimum atomic E-state index is -0.824. The fraction of sp³-hybridized carbons (Fsp3) is 0.750. The zero-order valence-corrected chi connectivity index (χ0v) is 16.1. The highest BCUT2D eigenvalue weighted by atomic mass is 16.7. The van der Waals surface area contributed by atoms with E-state index in [1.165, 1.54) is 56.0 Å². The van der Waals surface area contributed by atoms with Gasteiger partial charge in [-0.3, -0.25) is 4.79 Å². The molecule has 6 nitrogen and oxygen atoms in total. The normalized spacial score (nSPS) is 12.0. The van der Waals surface area contributed by atoms with Gasteiger partial charge < -0.3 is 9.94 Å². The number of hydrogen-bond donors (Lipinski definition) is 1. The Morgan fingerprint density at radius 1 is 1.00 bits per heavy atom. The third-order valence-corrected chi connectivity index (χ3v) is 4.61. The summed E-state index contributed by atoms with van der Waals surface area (Å²) in [6.07, 6.45) is 17.6. The van der Waals surface area contributed by atoms with Crippen LogP contribution < -0.4 is 4.84 Å². The number of rotatable bonds is 16. The summed E-state index contributed by atoms with van der Waals surface area (Å²) in [5.41, 5.74) is 0. The second-order valence-corrected chi connectivity index (χ2v) is 6.93. The van der Waals surface area contributed by atoms with Gasteiger partial charge in [0.1, 0.15) is 6.33 Å². The summed E-state index contributed by atoms with van der Waals surface area (Å²) in [6, 6.07) is 0. The van der Waals surface area contributed by atoms with Gasteiger partial charge in [0.2, 0.25) is 0 Å². The summed E-state index contributed by atoms with van der Waals surface area (Å²) in [4.78, 5) is 32.2. The molecule has 1 unspecified atom stereocenters. The van der Waals surface area contributed by atoms with Crippen molar-refractivity contribution in [3.63, 3.8) is 0 Å². The Morgan fingerprint density at radius 2 is 1.62 bits per heavy atom. The minimum Gasteiger partial charge on any atom is -0.481 e. The highest BCUT2D eigenvalue weighted by Gasteiger charge is 2.21. The summed E-state index contributed by atoms with van der Waals surface area (Å²) >= 11 is 0. The lowest BCUT2D eigenvalue weighted by molar-refractivity contribution is -0.150. The quantitative estimate of drug-likeness (QED) is 0.431. The minimum absolute atomic E-state index is 0.0899. The van der Waals surface area contributed by atoms with Gasteiger partial charge >= 0.3 is 11.9 Å². The molecule has 0 aliphatic carbocycles. The lowest BCUT2D eigenvalue weighted by Gasteiger charge is -2.15. The number of imidazole rings is 1. The molecule has 0 aromatic carbocycles. The van der Waals surface area contributed by atoms with Gasteiger partial charge in [-0.25, -0.2) is 9.78 Å². The maximum atomic E-state index is 12.3. The molecule has 0 aliphatic rings. The second kappa shape index (κ2) is 14.3. The predicted octanol–water partition coefficient (Wildman–Crippen LogP) is 4.63. The van der Waals surface area contributed by atoms with Crippen LogP contribution in [0.15, 0.2) is 18.7 Å². The van der Waals surface area contributed by atoms with Crippen LogP contribution in [-0.4, -0.2) is 26.8 Å². The van der Waals surface area contributed by atoms with Crippen LogP contribution in [0.3, 0.4) is 0 Å². The zero-order chi connectivity index (χ0) is 19.0. The van der Waals surface area contributed by atoms with Gasteiger partial charge in [0.15, 0.2) is 0 Å². The molecule has 148 valence electrons. The summed E-state index contributed by atoms with van der Waals surface area (Å²) in [5.74, 6) is -1.37. The fourth-order valence-electron chi connectivity index (χ4n) is 3.06. The summed E-state index contributed by atoms with van der Waals surface area (Å²) < 4.78 is 1.29. The summed E-state index contributed by atoms with van der Waals surface area (Å²) in [5, 5.41) is 8.79. The Balaban J connectivity index is 2.25. The van der Waals surface area contributed by atoms with Crippen molar-refractivity contribution < 1.29 is 19.5 Å². The van der Waals surface area contributed by atoms with E-state index >= 15 is 0 Å². The molecule has 0 saturated heterocycles. The highest BCUT2D eigenvalue weighted by Crippen LogP contribution is 2.19. The van der Waals surface area contributed by atoms with Gasteiger partial charge in [-0.2, -0.15) is 4.73 Å². The zero-order valence-electron chi connectivity index (χ0n) is 16.1. The lowest BCUT2D eigenvalue weighted by atomic mass is 9.95. The molecule has 1 aromatic rings. The van der Waals surface area contributed by atoms with Crippen molar-refractivity contribution >= 4 is 11.9 Å². The third kappa shape index (κ3) is 10.9. The van der Waals surface area contributed by atoms with E-state index in [0.29, 0.717) is 12.8 Å². The van der Waals surface area contributed by atoms with E-state index in [1.54, 1.807) is 12.4 Å². The average Bonchev–Trinajstić information content (AvgIpc) is 3.11. The van der Waals surface area contributed by atoms with Crippen LogP contribution in [0.5, 0.6) is 0 Å². The van der Waals surface area contributed by atoms with E-state index in [9.17, 15) is 9.59 Å². The predicted molar refractivity (Wildman–Crippen MR) is 101 cm³/mol. The van der Waals surface area contributed by atoms with Crippen LogP contribution in [0.25, 0.3) is 0 Å². The molecular formula is C20H34N2O4. The monoisotopic (exact) mass is 366 g/mol. The Kier molecular flexibility index (Phi) is 12.2. The molecule has 0 fully saturated rings. The molecule has 1 atom stereocenters. The number of aromatic nitrogens is 2. The van der Waals surface area contributed by atoms with Crippen LogP contribution in [0.1, 0.15) is 90.4 Å². The van der Waals surface area contributed by atoms with Crippen molar-refractivity contribution in [3.05, 3.63) is 18.7 Å². The van der Waals surface area contributed by atoms with Gasteiger partial charge in [0.25, 0.3) is 0 Å². The summed E-state index contributed by atoms with van der Waals surface area (Å²) in [7, 11) is 0. The van der Waals surface area contributed by atoms with Crippen molar-refractivity contribution in [2.45, 2.75) is 90.4 Å². The number of nitrogens with zero attached hydrogens (tertiary/aromatic N) is 2. The van der Waals surface area contributed by atoms with E-state index in [2.05, 4.69) is 11.9 Å². The number of carboxylic acid groups (broad SMARTS) is 1. The van der Waals surface area contributed by atoms with Crippen molar-refractivity contribution in [3.8, 4) is 0 Å². The summed E-state index contributed by atoms with van der Waals surface area (Å²) in [6.45, 7) is 2.23. The number of aliphatic carboxylic acids is 1. The average molecular weight is 367 g/mol. The Morgan fingerprint density at radius 3 is 2.19 bits per heavy atom. The highest BCUT2D eigenvalue weighted by molar-refractivity contribution is 5.72. The van der Waals surface area contributed by atoms with Gasteiger partial charge in [-0.1, -0.05) is 64.7 Å². The molecule has 6 heteroatoms. The van der Waals surface area contributed by atoms with Crippen LogP contribution in [0.4, 0.5) is 0 Å². The van der Waals surface area contributed by atoms with Crippen molar-refractivity contribution in [1.29, 1.82) is 0 Å². The Bertz CT molecular complexity index is 488. The first kappa shape index (κ1) is 22.2. The molecule has 0 amide bonds. The number of carbonyl (C=O) groups is 2. The molecule has 1 aromatic heterocycles. The maximum Gasteiger partial charge on any atom is 0.335 e. The Hall–Kier alpha value is -1.85. The fourth-order valence-corrected chi connectivity index (χ4v) is 3.06. The van der Waals surface area contributed by atoms with E-state index < -0.39 is 5.97 Å². The molecule has 1 heterocycles. The van der Waals surface area contributed by atoms with Crippen molar-refractivity contribution in [2.75, 3.05) is 0 Å². The molecule has 0 aliphatic heterocycles. The van der Waals surface area contributed by atoms with Gasteiger partial charge in [0, 0.05) is 12.6 Å². The smallest absolute Gasteiger partial charge is 0.335 e. The maximum absolute atomic E-state index is 12.3. The molecule has 1 rings (SSSR count). The standard InChI is InChI=1S/C20H34N2O4/c1-2-3-4-5-6-7-8-9-10-12-18(13-11-14-19(23)24)20(25)26-22-16-15-21-17-22/h15-18H,2-14H2,1H3,(H,23,24). The van der Waals surface area contributed by atoms with E-state index in [0.717, 1.165) is 19.3 Å². The first-order chi connectivity index (χ1) is 12.6. The number of hydrogen-bond acceptors (Lipinski definition) is 4. The molecular weight excluding hydrogens is 332 g/mol. The van der Waals surface area contributed by atoms with Gasteiger partial charge in [-0.15, -0.1) is 0 Å². The van der Waals surface area contributed by atoms with E-state index in [-0.39, 0.29) is 18.3 Å². The molecule has 0 radical (unpaired) electrons. The SMILES string of the molecule is CCCCCCCCCCCC(CCCC(=O)O)C(=O)On1ccnc1. The van der Waals surface area contributed by atoms with Gasteiger partial charge in [0.05, 0.1) is 12.1 Å². The molecule has 1 N–H and O–H groups in total. The Labute approximate surface area is 156 Å². The largest absolute Gasteiger partial charge is 0.481 e. The van der Waals surface area contributed by atoms with Crippen LogP contribution in [0.2, 0.25) is 0 Å². The van der Waals surface area contributed by atoms with Crippen molar-refractivity contribution in [1.82, 2.24) is 9.71 Å². The number of unbranched alkanes of at least 4 members (excludes halogenated alkanes) is 8.